The van der Waals surface area contributed by atoms with Crippen molar-refractivity contribution in [3.8, 4) is 0 Å². The Bertz CT molecular complexity index is 1440. The van der Waals surface area contributed by atoms with Crippen LogP contribution in [0.1, 0.15) is 33.1 Å². The molecule has 0 radical (unpaired) electrons. The lowest BCUT2D eigenvalue weighted by Gasteiger charge is -2.24. The fourth-order valence-corrected chi connectivity index (χ4v) is 4.75. The van der Waals surface area contributed by atoms with E-state index >= 15 is 0 Å². The van der Waals surface area contributed by atoms with Gasteiger partial charge in [-0.1, -0.05) is 11.6 Å². The van der Waals surface area contributed by atoms with Gasteiger partial charge in [0.15, 0.2) is 5.60 Å². The summed E-state index contributed by atoms with van der Waals surface area (Å²) in [4.78, 5) is 26.5. The zero-order valence-corrected chi connectivity index (χ0v) is 18.7. The second kappa shape index (κ2) is 8.45. The molecule has 186 valence electrons. The van der Waals surface area contributed by atoms with Gasteiger partial charge in [-0.15, -0.1) is 0 Å². The van der Waals surface area contributed by atoms with E-state index < -0.39 is 59.6 Å². The van der Waals surface area contributed by atoms with E-state index in [1.54, 1.807) is 0 Å². The average molecular weight is 524 g/mol. The van der Waals surface area contributed by atoms with Crippen molar-refractivity contribution in [2.24, 2.45) is 0 Å². The van der Waals surface area contributed by atoms with Gasteiger partial charge in [-0.25, -0.2) is 26.7 Å². The minimum absolute atomic E-state index is 0.0740. The van der Waals surface area contributed by atoms with Crippen LogP contribution in [0, 0.1) is 17.5 Å². The number of aliphatic hydroxyl groups is 1. The lowest BCUT2D eigenvalue weighted by molar-refractivity contribution is -0.0892. The third-order valence-electron chi connectivity index (χ3n) is 6.19. The van der Waals surface area contributed by atoms with E-state index in [4.69, 9.17) is 11.6 Å². The average Bonchev–Trinajstić information content (AvgIpc) is 3.30. The summed E-state index contributed by atoms with van der Waals surface area (Å²) in [5.74, 6) is -3.15. The van der Waals surface area contributed by atoms with E-state index in [1.807, 2.05) is 0 Å². The molecule has 0 saturated carbocycles. The molecule has 2 aliphatic heterocycles. The van der Waals surface area contributed by atoms with Crippen LogP contribution in [0.4, 0.5) is 38.1 Å². The number of nitrogens with one attached hydrogen (secondary N) is 2. The first-order valence-corrected chi connectivity index (χ1v) is 10.9. The third-order valence-corrected chi connectivity index (χ3v) is 6.53. The molecule has 6 nitrogen and oxygen atoms in total. The molecule has 0 aliphatic carbocycles. The van der Waals surface area contributed by atoms with Crippen molar-refractivity contribution in [1.82, 2.24) is 5.32 Å². The Morgan fingerprint density at radius 1 is 1.08 bits per heavy atom. The third kappa shape index (κ3) is 3.75. The maximum absolute atomic E-state index is 14.4. The zero-order chi connectivity index (χ0) is 25.9. The van der Waals surface area contributed by atoms with Crippen molar-refractivity contribution in [2.75, 3.05) is 16.8 Å². The number of carbonyl (C=O) groups excluding carboxylic acids is 2. The lowest BCUT2D eigenvalue weighted by Crippen LogP contribution is -2.43. The minimum Gasteiger partial charge on any atom is -0.377 e. The molecule has 2 heterocycles. The number of hydrogen-bond donors (Lipinski definition) is 3. The highest BCUT2D eigenvalue weighted by molar-refractivity contribution is 6.31. The van der Waals surface area contributed by atoms with Gasteiger partial charge < -0.3 is 15.7 Å². The van der Waals surface area contributed by atoms with Crippen molar-refractivity contribution < 1.29 is 36.6 Å². The molecule has 0 unspecified atom stereocenters. The first-order valence-electron chi connectivity index (χ1n) is 10.5. The molecule has 36 heavy (non-hydrogen) atoms. The summed E-state index contributed by atoms with van der Waals surface area (Å²) >= 11 is 6.20. The highest BCUT2D eigenvalue weighted by Crippen LogP contribution is 2.44. The molecule has 0 fully saturated rings. The van der Waals surface area contributed by atoms with Crippen molar-refractivity contribution >= 4 is 34.9 Å². The molecule has 0 spiro atoms. The lowest BCUT2D eigenvalue weighted by atomic mass is 9.96. The number of alkyl halides is 2. The van der Waals surface area contributed by atoms with Crippen LogP contribution < -0.4 is 15.5 Å². The highest BCUT2D eigenvalue weighted by Gasteiger charge is 2.50. The van der Waals surface area contributed by atoms with Gasteiger partial charge in [0.1, 0.15) is 17.5 Å². The topological polar surface area (TPSA) is 81.7 Å². The van der Waals surface area contributed by atoms with Gasteiger partial charge in [-0.3, -0.25) is 9.69 Å². The van der Waals surface area contributed by atoms with Crippen molar-refractivity contribution in [2.45, 2.75) is 18.1 Å². The number of carbonyl (C=O) groups is 2. The van der Waals surface area contributed by atoms with E-state index in [0.29, 0.717) is 6.07 Å². The Morgan fingerprint density at radius 2 is 1.78 bits per heavy atom. The summed E-state index contributed by atoms with van der Waals surface area (Å²) in [6.45, 7) is -0.914. The summed E-state index contributed by atoms with van der Waals surface area (Å²) in [5, 5.41) is 15.5. The van der Waals surface area contributed by atoms with Crippen LogP contribution >= 0.6 is 11.6 Å². The molecule has 2 atom stereocenters. The Morgan fingerprint density at radius 3 is 2.50 bits per heavy atom. The summed E-state index contributed by atoms with van der Waals surface area (Å²) < 4.78 is 69.5. The van der Waals surface area contributed by atoms with Crippen molar-refractivity contribution in [3.05, 3.63) is 93.3 Å². The Labute approximate surface area is 205 Å². The number of halogens is 6. The minimum atomic E-state index is -3.35. The SMILES string of the molecule is O=C1N[C@H](c2cc(F)ccc2Cl)c2c(NC(=O)N3C[C@@](O)(C(F)F)c4cc(F)ccc43)cc(F)cc21. The Kier molecular flexibility index (Phi) is 5.64. The molecular formula is C24H15ClF5N3O3. The standard InChI is InChI=1S/C24H15ClF5N3O3/c25-16-3-1-10(26)5-13(16)20-19-14(21(34)32-20)6-12(28)8-17(19)31-23(35)33-9-24(36,22(29)30)15-7-11(27)2-4-18(15)33/h1-8,20,22,36H,9H2,(H,31,35)(H,32,34)/t20-,24+/m1/s1. The fourth-order valence-electron chi connectivity index (χ4n) is 4.52. The van der Waals surface area contributed by atoms with Crippen LogP contribution in [0.3, 0.4) is 0 Å². The maximum atomic E-state index is 14.4. The van der Waals surface area contributed by atoms with Gasteiger partial charge in [0.25, 0.3) is 12.3 Å². The van der Waals surface area contributed by atoms with Crippen LogP contribution in [-0.2, 0) is 5.60 Å². The predicted molar refractivity (Wildman–Crippen MR) is 120 cm³/mol. The number of urea groups is 1. The molecule has 5 rings (SSSR count). The summed E-state index contributed by atoms with van der Waals surface area (Å²) in [6.07, 6.45) is -3.35. The van der Waals surface area contributed by atoms with Gasteiger partial charge in [-0.2, -0.15) is 0 Å². The van der Waals surface area contributed by atoms with E-state index in [0.717, 1.165) is 41.3 Å². The molecule has 3 amide bonds. The summed E-state index contributed by atoms with van der Waals surface area (Å²) in [7, 11) is 0. The first kappa shape index (κ1) is 24.0. The second-order valence-corrected chi connectivity index (χ2v) is 8.80. The molecule has 3 aromatic carbocycles. The number of benzene rings is 3. The molecule has 0 bridgehead atoms. The number of hydrogen-bond acceptors (Lipinski definition) is 3. The van der Waals surface area contributed by atoms with Crippen LogP contribution in [0.5, 0.6) is 0 Å². The quantitative estimate of drug-likeness (QED) is 0.418. The monoisotopic (exact) mass is 523 g/mol. The van der Waals surface area contributed by atoms with Crippen LogP contribution in [0.25, 0.3) is 0 Å². The van der Waals surface area contributed by atoms with E-state index in [-0.39, 0.29) is 33.1 Å². The number of β-amino-alcohol motifs (C(OH)–C–C–N with tert-alkyl or cyclic N) is 1. The van der Waals surface area contributed by atoms with Gasteiger partial charge in [-0.05, 0) is 48.5 Å². The van der Waals surface area contributed by atoms with Gasteiger partial charge in [0.2, 0.25) is 0 Å². The van der Waals surface area contributed by atoms with Crippen molar-refractivity contribution in [1.29, 1.82) is 0 Å². The summed E-state index contributed by atoms with van der Waals surface area (Å²) in [5.41, 5.74) is -3.65. The number of anilines is 2. The van der Waals surface area contributed by atoms with Crippen molar-refractivity contribution in [3.63, 3.8) is 0 Å². The molecule has 0 aromatic heterocycles. The van der Waals surface area contributed by atoms with Crippen LogP contribution in [0.15, 0.2) is 48.5 Å². The number of amides is 3. The van der Waals surface area contributed by atoms with E-state index in [1.165, 1.54) is 6.07 Å². The Balaban J connectivity index is 1.56. The molecule has 3 N–H and O–H groups in total. The second-order valence-electron chi connectivity index (χ2n) is 8.39. The molecule has 12 heteroatoms. The van der Waals surface area contributed by atoms with Crippen LogP contribution in [-0.4, -0.2) is 30.0 Å². The number of nitrogens with zero attached hydrogens (tertiary/aromatic N) is 1. The van der Waals surface area contributed by atoms with E-state index in [2.05, 4.69) is 10.6 Å². The Hall–Kier alpha value is -3.70. The van der Waals surface area contributed by atoms with Gasteiger partial charge in [0, 0.05) is 27.3 Å². The smallest absolute Gasteiger partial charge is 0.326 e. The highest BCUT2D eigenvalue weighted by atomic mass is 35.5. The molecule has 2 aliphatic rings. The largest absolute Gasteiger partial charge is 0.377 e. The maximum Gasteiger partial charge on any atom is 0.326 e. The predicted octanol–water partition coefficient (Wildman–Crippen LogP) is 5.09. The zero-order valence-electron chi connectivity index (χ0n) is 18.0. The summed E-state index contributed by atoms with van der Waals surface area (Å²) in [6, 6.07) is 5.85. The number of rotatable bonds is 3. The number of fused-ring (bicyclic) bond motifs is 2. The van der Waals surface area contributed by atoms with Gasteiger partial charge in [0.05, 0.1) is 24.0 Å². The fraction of sp³-hybridized carbons (Fsp3) is 0.167. The normalized spacial score (nSPS) is 20.4. The first-order chi connectivity index (χ1) is 17.0. The molecule has 0 saturated heterocycles. The van der Waals surface area contributed by atoms with Crippen LogP contribution in [0.2, 0.25) is 5.02 Å². The molecular weight excluding hydrogens is 509 g/mol. The van der Waals surface area contributed by atoms with E-state index in [9.17, 15) is 36.6 Å². The van der Waals surface area contributed by atoms with Gasteiger partial charge >= 0.3 is 6.03 Å². The molecule has 3 aromatic rings.